The molecule has 0 atom stereocenters. The first-order valence-corrected chi connectivity index (χ1v) is 2.67. The summed E-state index contributed by atoms with van der Waals surface area (Å²) in [6.45, 7) is 0. The number of oxime groups is 1. The first kappa shape index (κ1) is 6.74. The molecule has 1 rings (SSSR count). The second-order valence-corrected chi connectivity index (χ2v) is 1.69. The molecule has 0 amide bonds. The van der Waals surface area contributed by atoms with Gasteiger partial charge in [0.05, 0.1) is 6.21 Å². The van der Waals surface area contributed by atoms with Crippen molar-refractivity contribution >= 4 is 6.21 Å². The van der Waals surface area contributed by atoms with Crippen LogP contribution in [0.4, 0.5) is 4.39 Å². The summed E-state index contributed by atoms with van der Waals surface area (Å²) in [5.74, 6) is -0.444. The predicted molar refractivity (Wildman–Crippen MR) is 34.6 cm³/mol. The van der Waals surface area contributed by atoms with Gasteiger partial charge in [0.15, 0.2) is 0 Å². The lowest BCUT2D eigenvalue weighted by atomic mass is 10.2. The molecule has 51 valence electrons. The van der Waals surface area contributed by atoms with E-state index in [1.54, 1.807) is 6.07 Å². The maximum atomic E-state index is 12.5. The maximum absolute atomic E-state index is 12.5. The van der Waals surface area contributed by atoms with E-state index < -0.39 is 5.82 Å². The molecule has 0 saturated heterocycles. The van der Waals surface area contributed by atoms with Gasteiger partial charge < -0.3 is 5.21 Å². The number of benzene rings is 1. The molecule has 0 aliphatic carbocycles. The van der Waals surface area contributed by atoms with Crippen LogP contribution in [0.25, 0.3) is 0 Å². The molecule has 0 spiro atoms. The van der Waals surface area contributed by atoms with Crippen molar-refractivity contribution in [2.45, 2.75) is 0 Å². The fourth-order valence-corrected chi connectivity index (χ4v) is 0.589. The van der Waals surface area contributed by atoms with Crippen molar-refractivity contribution in [2.24, 2.45) is 5.16 Å². The van der Waals surface area contributed by atoms with Crippen LogP contribution in [0, 0.1) is 11.9 Å². The van der Waals surface area contributed by atoms with Crippen LogP contribution in [0.5, 0.6) is 0 Å². The first-order valence-electron chi connectivity index (χ1n) is 2.67. The lowest BCUT2D eigenvalue weighted by Crippen LogP contribution is -1.85. The second kappa shape index (κ2) is 2.96. The van der Waals surface area contributed by atoms with Crippen molar-refractivity contribution < 1.29 is 9.60 Å². The van der Waals surface area contributed by atoms with E-state index in [9.17, 15) is 4.39 Å². The molecule has 0 bridgehead atoms. The summed E-state index contributed by atoms with van der Waals surface area (Å²) in [5.41, 5.74) is 0.251. The minimum atomic E-state index is -0.444. The summed E-state index contributed by atoms with van der Waals surface area (Å²) in [6.07, 6.45) is 1.03. The van der Waals surface area contributed by atoms with Crippen LogP contribution in [-0.2, 0) is 0 Å². The summed E-state index contributed by atoms with van der Waals surface area (Å²) in [7, 11) is 0. The van der Waals surface area contributed by atoms with Crippen LogP contribution in [0.1, 0.15) is 5.56 Å². The van der Waals surface area contributed by atoms with E-state index in [0.29, 0.717) is 0 Å². The normalized spacial score (nSPS) is 10.5. The predicted octanol–water partition coefficient (Wildman–Crippen LogP) is 1.43. The molecule has 2 nitrogen and oxygen atoms in total. The van der Waals surface area contributed by atoms with Gasteiger partial charge >= 0.3 is 0 Å². The highest BCUT2D eigenvalue weighted by atomic mass is 19.1. The van der Waals surface area contributed by atoms with Crippen LogP contribution < -0.4 is 0 Å². The van der Waals surface area contributed by atoms with Gasteiger partial charge in [-0.05, 0) is 18.2 Å². The molecule has 3 heteroatoms. The molecule has 10 heavy (non-hydrogen) atoms. The Bertz CT molecular complexity index is 247. The standard InChI is InChI=1S/C7H5FNO/c8-7-4-2-1-3-6(7)5-9-10/h1,3-5,10H/b9-5-. The number of hydrogen-bond donors (Lipinski definition) is 1. The van der Waals surface area contributed by atoms with Gasteiger partial charge in [-0.1, -0.05) is 11.2 Å². The fourth-order valence-electron chi connectivity index (χ4n) is 0.589. The highest BCUT2D eigenvalue weighted by Gasteiger charge is 1.94. The Morgan fingerprint density at radius 3 is 3.10 bits per heavy atom. The van der Waals surface area contributed by atoms with Crippen LogP contribution in [0.3, 0.4) is 0 Å². The Morgan fingerprint density at radius 2 is 2.50 bits per heavy atom. The van der Waals surface area contributed by atoms with Crippen LogP contribution >= 0.6 is 0 Å². The van der Waals surface area contributed by atoms with E-state index in [2.05, 4.69) is 11.2 Å². The highest BCUT2D eigenvalue weighted by Crippen LogP contribution is 2.01. The molecular formula is C7H5FNO. The molecule has 1 aromatic carbocycles. The van der Waals surface area contributed by atoms with Crippen molar-refractivity contribution in [3.8, 4) is 0 Å². The monoisotopic (exact) mass is 138 g/mol. The zero-order valence-electron chi connectivity index (χ0n) is 5.08. The average molecular weight is 138 g/mol. The van der Waals surface area contributed by atoms with E-state index in [4.69, 9.17) is 5.21 Å². The third-order valence-electron chi connectivity index (χ3n) is 1.04. The fraction of sp³-hybridized carbons (Fsp3) is 0. The Morgan fingerprint density at radius 1 is 1.70 bits per heavy atom. The van der Waals surface area contributed by atoms with Gasteiger partial charge in [0, 0.05) is 5.56 Å². The largest absolute Gasteiger partial charge is 0.411 e. The lowest BCUT2D eigenvalue weighted by Gasteiger charge is -1.90. The second-order valence-electron chi connectivity index (χ2n) is 1.69. The van der Waals surface area contributed by atoms with Crippen molar-refractivity contribution in [2.75, 3.05) is 0 Å². The third kappa shape index (κ3) is 1.31. The average Bonchev–Trinajstić information content (AvgIpc) is 1.94. The molecule has 0 aromatic heterocycles. The van der Waals surface area contributed by atoms with Crippen molar-refractivity contribution in [3.05, 3.63) is 35.6 Å². The molecule has 1 N–H and O–H groups in total. The van der Waals surface area contributed by atoms with Gasteiger partial charge in [0.2, 0.25) is 0 Å². The number of rotatable bonds is 1. The Kier molecular flexibility index (Phi) is 1.99. The van der Waals surface area contributed by atoms with Crippen LogP contribution in [0.15, 0.2) is 23.4 Å². The van der Waals surface area contributed by atoms with Gasteiger partial charge in [-0.25, -0.2) is 4.39 Å². The van der Waals surface area contributed by atoms with Crippen LogP contribution in [0.2, 0.25) is 0 Å². The van der Waals surface area contributed by atoms with Crippen molar-refractivity contribution in [1.29, 1.82) is 0 Å². The minimum absolute atomic E-state index is 0.251. The SMILES string of the molecule is O/N=C\c1cc[c]cc1F. The molecule has 0 unspecified atom stereocenters. The highest BCUT2D eigenvalue weighted by molar-refractivity contribution is 5.79. The number of hydrogen-bond acceptors (Lipinski definition) is 2. The molecule has 0 heterocycles. The molecule has 1 radical (unpaired) electrons. The van der Waals surface area contributed by atoms with Gasteiger partial charge in [0.25, 0.3) is 0 Å². The molecule has 0 fully saturated rings. The topological polar surface area (TPSA) is 32.6 Å². The Hall–Kier alpha value is -1.38. The molecule has 0 aliphatic heterocycles. The smallest absolute Gasteiger partial charge is 0.132 e. The van der Waals surface area contributed by atoms with Crippen LogP contribution in [-0.4, -0.2) is 11.4 Å². The van der Waals surface area contributed by atoms with E-state index in [1.807, 2.05) is 0 Å². The third-order valence-corrected chi connectivity index (χ3v) is 1.04. The number of nitrogens with zero attached hydrogens (tertiary/aromatic N) is 1. The lowest BCUT2D eigenvalue weighted by molar-refractivity contribution is 0.321. The zero-order valence-corrected chi connectivity index (χ0v) is 5.08. The molecule has 0 aliphatic rings. The van der Waals surface area contributed by atoms with E-state index >= 15 is 0 Å². The first-order chi connectivity index (χ1) is 4.84. The van der Waals surface area contributed by atoms with Crippen molar-refractivity contribution in [3.63, 3.8) is 0 Å². The van der Waals surface area contributed by atoms with Crippen molar-refractivity contribution in [1.82, 2.24) is 0 Å². The quantitative estimate of drug-likeness (QED) is 0.355. The summed E-state index contributed by atoms with van der Waals surface area (Å²) >= 11 is 0. The zero-order chi connectivity index (χ0) is 7.40. The Balaban J connectivity index is 3.03. The molecule has 0 saturated carbocycles. The number of halogens is 1. The molecular weight excluding hydrogens is 133 g/mol. The van der Waals surface area contributed by atoms with E-state index in [-0.39, 0.29) is 5.56 Å². The molecule has 1 aromatic rings. The Labute approximate surface area is 57.6 Å². The van der Waals surface area contributed by atoms with Gasteiger partial charge in [-0.15, -0.1) is 0 Å². The summed E-state index contributed by atoms with van der Waals surface area (Å²) < 4.78 is 12.5. The summed E-state index contributed by atoms with van der Waals surface area (Å²) in [5, 5.41) is 10.7. The van der Waals surface area contributed by atoms with Gasteiger partial charge in [-0.3, -0.25) is 0 Å². The van der Waals surface area contributed by atoms with E-state index in [0.717, 1.165) is 6.21 Å². The summed E-state index contributed by atoms with van der Waals surface area (Å²) in [6, 6.07) is 6.73. The van der Waals surface area contributed by atoms with Gasteiger partial charge in [-0.2, -0.15) is 0 Å². The van der Waals surface area contributed by atoms with E-state index in [1.165, 1.54) is 12.1 Å². The maximum Gasteiger partial charge on any atom is 0.132 e. The summed E-state index contributed by atoms with van der Waals surface area (Å²) in [4.78, 5) is 0. The minimum Gasteiger partial charge on any atom is -0.411 e. The van der Waals surface area contributed by atoms with Gasteiger partial charge in [0.1, 0.15) is 5.82 Å².